The number of rotatable bonds is 28. The van der Waals surface area contributed by atoms with E-state index in [2.05, 4.69) is 10.6 Å². The largest absolute Gasteiger partial charge is 0.508 e. The van der Waals surface area contributed by atoms with Crippen LogP contribution in [-0.4, -0.2) is 151 Å². The van der Waals surface area contributed by atoms with E-state index in [1.165, 1.54) is 52.3 Å². The maximum Gasteiger partial charge on any atom is 0.328 e. The number of hydrogen-bond donors (Lipinski definition) is 5. The van der Waals surface area contributed by atoms with Crippen LogP contribution in [0.5, 0.6) is 11.5 Å². The number of nitrogens with two attached hydrogens (primary N) is 1. The molecule has 0 aliphatic carbocycles. The van der Waals surface area contributed by atoms with Crippen molar-refractivity contribution in [3.63, 3.8) is 0 Å². The highest BCUT2D eigenvalue weighted by Crippen LogP contribution is 2.50. The van der Waals surface area contributed by atoms with E-state index >= 15 is 0 Å². The number of halogens is 1. The smallest absolute Gasteiger partial charge is 0.328 e. The topological polar surface area (TPSA) is 300 Å². The van der Waals surface area contributed by atoms with Crippen molar-refractivity contribution in [1.82, 2.24) is 15.5 Å². The van der Waals surface area contributed by atoms with E-state index in [9.17, 15) is 53.4 Å². The van der Waals surface area contributed by atoms with Gasteiger partial charge < -0.3 is 60.1 Å². The molecule has 21 nitrogen and oxygen atoms in total. The number of benzene rings is 2. The first-order valence-electron chi connectivity index (χ1n) is 30.8. The van der Waals surface area contributed by atoms with Crippen LogP contribution in [0.4, 0.5) is 10.5 Å². The number of ether oxygens (including phenoxy) is 5. The Bertz CT molecular complexity index is 2910. The van der Waals surface area contributed by atoms with Crippen molar-refractivity contribution in [3.8, 4) is 11.5 Å². The molecule has 2 aromatic rings. The van der Waals surface area contributed by atoms with Crippen LogP contribution in [0.1, 0.15) is 167 Å². The van der Waals surface area contributed by atoms with Crippen LogP contribution in [0.3, 0.4) is 0 Å². The summed E-state index contributed by atoms with van der Waals surface area (Å²) in [7, 11) is 5.78. The minimum atomic E-state index is -1.67. The fourth-order valence-electron chi connectivity index (χ4n) is 11.8. The molecule has 88 heavy (non-hydrogen) atoms. The van der Waals surface area contributed by atoms with Gasteiger partial charge in [-0.05, 0) is 101 Å². The summed E-state index contributed by atoms with van der Waals surface area (Å²) in [5.41, 5.74) is 4.26. The Balaban J connectivity index is 1.32. The van der Waals surface area contributed by atoms with Crippen molar-refractivity contribution < 1.29 is 77.0 Å². The number of ketones is 3. The van der Waals surface area contributed by atoms with E-state index in [1.807, 2.05) is 40.7 Å². The number of esters is 2. The SMILES string of the molecule is CCC(CC)C(=O)CCCCCCC(=O)C[C@H](C(=O)N[C@@H](CCCNC(N)=O)C(=O)Cc1ccc(C(=O)N(C)[C@@H](C)C(=O)O[C@H]2CC(=O)N(C)c3cc(cc(OC)c3Cl)C/C(C)=C/C=C/[C@@H](OC)[C@]3(O)CC(=O)O[C@@H](C3)[C@@H](C)[C@@H]3O[C@@]23C)cc1O)C(C)C. The van der Waals surface area contributed by atoms with Crippen molar-refractivity contribution in [2.45, 2.75) is 206 Å². The molecule has 0 spiro atoms. The van der Waals surface area contributed by atoms with Crippen molar-refractivity contribution >= 4 is 70.3 Å². The second-order valence-corrected chi connectivity index (χ2v) is 25.0. The number of unbranched alkanes of at least 4 members (excludes halogenated alkanes) is 3. The predicted octanol–water partition coefficient (Wildman–Crippen LogP) is 8.41. The van der Waals surface area contributed by atoms with Gasteiger partial charge in [-0.15, -0.1) is 0 Å². The summed E-state index contributed by atoms with van der Waals surface area (Å²) in [6.45, 7) is 14.5. The molecule has 2 aromatic carbocycles. The minimum absolute atomic E-state index is 0.0269. The van der Waals surface area contributed by atoms with Crippen LogP contribution in [-0.2, 0) is 65.4 Å². The number of epoxide rings is 1. The number of aromatic hydroxyl groups is 1. The summed E-state index contributed by atoms with van der Waals surface area (Å²) in [6.07, 6.45) is 6.35. The van der Waals surface area contributed by atoms with Crippen molar-refractivity contribution in [1.29, 1.82) is 0 Å². The highest BCUT2D eigenvalue weighted by Gasteiger charge is 2.64. The number of anilines is 1. The Morgan fingerprint density at radius 2 is 1.65 bits per heavy atom. The van der Waals surface area contributed by atoms with Crippen LogP contribution in [0.25, 0.3) is 0 Å². The first kappa shape index (κ1) is 72.1. The number of Topliss-reactive ketones (excluding diaryl/α,β-unsaturated/α-hetero) is 3. The molecule has 4 bridgehead atoms. The van der Waals surface area contributed by atoms with Gasteiger partial charge in [0, 0.05) is 88.7 Å². The minimum Gasteiger partial charge on any atom is -0.508 e. The zero-order chi connectivity index (χ0) is 65.4. The number of urea groups is 1. The molecule has 3 heterocycles. The molecule has 2 saturated heterocycles. The average Bonchev–Trinajstić information content (AvgIpc) is 1.58. The third-order valence-electron chi connectivity index (χ3n) is 17.7. The summed E-state index contributed by atoms with van der Waals surface area (Å²) in [6, 6.07) is 4.27. The predicted molar refractivity (Wildman–Crippen MR) is 332 cm³/mol. The number of fused-ring (bicyclic) bond motifs is 5. The zero-order valence-electron chi connectivity index (χ0n) is 53.4. The van der Waals surface area contributed by atoms with E-state index in [4.69, 9.17) is 41.0 Å². The third-order valence-corrected chi connectivity index (χ3v) is 18.1. The number of nitrogens with zero attached hydrogens (tertiary/aromatic N) is 2. The molecule has 5 rings (SSSR count). The number of likely N-dealkylation sites (N-methyl/N-ethyl adjacent to an activating group) is 1. The van der Waals surface area contributed by atoms with Crippen molar-refractivity contribution in [2.24, 2.45) is 29.4 Å². The molecule has 10 atom stereocenters. The fraction of sp³-hybridized carbons (Fsp3) is 0.621. The number of phenolic OH excluding ortho intramolecular Hbond substituents is 1. The van der Waals surface area contributed by atoms with Crippen LogP contribution in [0.2, 0.25) is 5.02 Å². The Morgan fingerprint density at radius 3 is 2.27 bits per heavy atom. The lowest BCUT2D eigenvalue weighted by atomic mass is 9.78. The highest BCUT2D eigenvalue weighted by molar-refractivity contribution is 6.35. The standard InChI is InChI=1S/C66H94ClN5O16/c1-13-43(14-2)50(74)24-18-16-15-17-22-46(73)34-47(38(3)4)61(79)70-48(23-20-28-69-64(68)82)52(76)32-44-26-27-45(33-51(44)75)62(80)71(9)41(7)63(81)87-56-35-57(77)72(10)49-30-42(31-53(84-11)59(49)67)29-39(5)21-19-25-55(85-12)66(83)36-54(86-58(78)37-66)40(6)60-65(56,8)88-60/h19,21,25-27,30-31,33,38,40-41,43,47-48,54-56,60,75,83H,13-18,20,22-24,28-29,32,34-37H2,1-12H3,(H,70,79)(H3,68,69,82)/b25-19+,39-21+/t40-,41+,47+,48+,54+,55-,56+,60+,65+,66-/m1/s1. The molecule has 0 unspecified atom stereocenters. The number of nitrogens with one attached hydrogen (secondary N) is 2. The Morgan fingerprint density at radius 1 is 0.966 bits per heavy atom. The molecule has 486 valence electrons. The van der Waals surface area contributed by atoms with Gasteiger partial charge in [-0.2, -0.15) is 0 Å². The molecular weight excluding hydrogens is 1150 g/mol. The number of methoxy groups -OCH3 is 2. The summed E-state index contributed by atoms with van der Waals surface area (Å²) >= 11 is 6.86. The molecule has 3 aliphatic rings. The molecule has 5 amide bonds. The summed E-state index contributed by atoms with van der Waals surface area (Å²) in [4.78, 5) is 124. The second kappa shape index (κ2) is 32.7. The van der Waals surface area contributed by atoms with E-state index in [0.717, 1.165) is 54.2 Å². The molecular formula is C66H94ClN5O16. The van der Waals surface area contributed by atoms with Gasteiger partial charge in [-0.3, -0.25) is 33.6 Å². The maximum absolute atomic E-state index is 14.5. The average molecular weight is 1250 g/mol. The Hall–Kier alpha value is -6.68. The molecule has 6 N–H and O–H groups in total. The molecule has 22 heteroatoms. The first-order chi connectivity index (χ1) is 41.5. The molecule has 2 fully saturated rings. The number of amides is 5. The maximum atomic E-state index is 14.5. The molecule has 3 aliphatic heterocycles. The van der Waals surface area contributed by atoms with Crippen LogP contribution in [0.15, 0.2) is 54.1 Å². The number of primary amides is 1. The second-order valence-electron chi connectivity index (χ2n) is 24.6. The van der Waals surface area contributed by atoms with E-state index < -0.39 is 113 Å². The number of carbonyl (C=O) groups excluding carboxylic acids is 9. The fourth-order valence-corrected chi connectivity index (χ4v) is 12.1. The normalized spacial score (nSPS) is 24.2. The van der Waals surface area contributed by atoms with E-state index in [1.54, 1.807) is 38.1 Å². The van der Waals surface area contributed by atoms with Gasteiger partial charge in [-0.1, -0.05) is 88.9 Å². The number of allylic oxidation sites excluding steroid dienone is 3. The van der Waals surface area contributed by atoms with Crippen LogP contribution < -0.4 is 26.0 Å². The Labute approximate surface area is 523 Å². The zero-order valence-corrected chi connectivity index (χ0v) is 54.1. The van der Waals surface area contributed by atoms with E-state index in [0.29, 0.717) is 30.7 Å². The highest BCUT2D eigenvalue weighted by atomic mass is 35.5. The first-order valence-corrected chi connectivity index (χ1v) is 31.2. The molecule has 0 saturated carbocycles. The number of aliphatic hydroxyl groups is 1. The lowest BCUT2D eigenvalue weighted by Gasteiger charge is -2.41. The van der Waals surface area contributed by atoms with Crippen LogP contribution >= 0.6 is 11.6 Å². The third kappa shape index (κ3) is 19.2. The van der Waals surface area contributed by atoms with Gasteiger partial charge in [-0.25, -0.2) is 9.59 Å². The van der Waals surface area contributed by atoms with Gasteiger partial charge in [0.2, 0.25) is 11.8 Å². The van der Waals surface area contributed by atoms with Gasteiger partial charge in [0.15, 0.2) is 5.78 Å². The molecule has 0 aromatic heterocycles. The van der Waals surface area contributed by atoms with Gasteiger partial charge in [0.1, 0.15) is 63.6 Å². The summed E-state index contributed by atoms with van der Waals surface area (Å²) in [5, 5.41) is 28.9. The number of carbonyl (C=O) groups is 9. The lowest BCUT2D eigenvalue weighted by Crippen LogP contribution is -2.53. The summed E-state index contributed by atoms with van der Waals surface area (Å²) < 4.78 is 29.8. The lowest BCUT2D eigenvalue weighted by molar-refractivity contribution is -0.187. The van der Waals surface area contributed by atoms with Crippen LogP contribution in [0, 0.1) is 23.7 Å². The monoisotopic (exact) mass is 1250 g/mol. The quantitative estimate of drug-likeness (QED) is 0.0303. The van der Waals surface area contributed by atoms with E-state index in [-0.39, 0.29) is 91.0 Å². The summed E-state index contributed by atoms with van der Waals surface area (Å²) in [5.74, 6) is -5.26. The van der Waals surface area contributed by atoms with Crippen molar-refractivity contribution in [3.05, 3.63) is 75.8 Å². The van der Waals surface area contributed by atoms with Gasteiger partial charge >= 0.3 is 18.0 Å². The number of phenols is 1. The Kier molecular flexibility index (Phi) is 26.8. The molecule has 0 radical (unpaired) electrons. The van der Waals surface area contributed by atoms with Gasteiger partial charge in [0.05, 0.1) is 37.8 Å². The number of hydrogen-bond acceptors (Lipinski definition) is 16. The van der Waals surface area contributed by atoms with Crippen molar-refractivity contribution in [2.75, 3.05) is 39.8 Å². The van der Waals surface area contributed by atoms with Gasteiger partial charge in [0.25, 0.3) is 5.91 Å².